The number of hydrogen-bond donors (Lipinski definition) is 0. The van der Waals surface area contributed by atoms with E-state index >= 15 is 0 Å². The van der Waals surface area contributed by atoms with Crippen molar-refractivity contribution in [2.75, 3.05) is 6.61 Å². The van der Waals surface area contributed by atoms with E-state index in [1.54, 1.807) is 11.3 Å². The maximum Gasteiger partial charge on any atom is 0.119 e. The Kier molecular flexibility index (Phi) is 5.69. The minimum Gasteiger partial charge on any atom is -0.494 e. The zero-order valence-electron chi connectivity index (χ0n) is 16.1. The number of ether oxygens (including phenoxy) is 1. The molecular formula is C23H23ClN2OS. The van der Waals surface area contributed by atoms with E-state index in [9.17, 15) is 0 Å². The van der Waals surface area contributed by atoms with Crippen LogP contribution in [0, 0.1) is 13.8 Å². The lowest BCUT2D eigenvalue weighted by Gasteiger charge is -2.12. The van der Waals surface area contributed by atoms with Gasteiger partial charge in [0, 0.05) is 22.9 Å². The average molecular weight is 411 g/mol. The minimum absolute atomic E-state index is 0.658. The second-order valence-electron chi connectivity index (χ2n) is 7.00. The van der Waals surface area contributed by atoms with E-state index in [0.29, 0.717) is 6.61 Å². The Hall–Kier alpha value is -2.30. The summed E-state index contributed by atoms with van der Waals surface area (Å²) in [5.74, 6) is 2.00. The standard InChI is InChI=1S/C23H23ClN2OS/c1-16-13-18(14-17(2)23(16)24)27-11-6-10-26-21-9-4-3-8-20(21)25-22(26)15-19-7-5-12-28-19/h3-5,7-9,12-14H,6,10-11,15H2,1-2H3. The fourth-order valence-electron chi connectivity index (χ4n) is 3.48. The third-order valence-electron chi connectivity index (χ3n) is 4.85. The van der Waals surface area contributed by atoms with E-state index in [1.807, 2.05) is 32.0 Å². The Morgan fingerprint density at radius 2 is 1.86 bits per heavy atom. The van der Waals surface area contributed by atoms with Crippen LogP contribution in [-0.2, 0) is 13.0 Å². The first-order valence-corrected chi connectivity index (χ1v) is 10.7. The summed E-state index contributed by atoms with van der Waals surface area (Å²) in [6.45, 7) is 5.56. The van der Waals surface area contributed by atoms with Crippen LogP contribution >= 0.6 is 22.9 Å². The summed E-state index contributed by atoms with van der Waals surface area (Å²) in [5.41, 5.74) is 4.34. The van der Waals surface area contributed by atoms with Crippen molar-refractivity contribution in [1.82, 2.24) is 9.55 Å². The molecule has 0 spiro atoms. The maximum atomic E-state index is 6.24. The zero-order chi connectivity index (χ0) is 19.5. The van der Waals surface area contributed by atoms with Gasteiger partial charge in [-0.2, -0.15) is 0 Å². The van der Waals surface area contributed by atoms with Crippen LogP contribution in [-0.4, -0.2) is 16.2 Å². The molecule has 144 valence electrons. The van der Waals surface area contributed by atoms with Crippen LogP contribution < -0.4 is 4.74 Å². The maximum absolute atomic E-state index is 6.24. The number of rotatable bonds is 7. The summed E-state index contributed by atoms with van der Waals surface area (Å²) >= 11 is 8.02. The molecule has 0 N–H and O–H groups in total. The van der Waals surface area contributed by atoms with E-state index in [2.05, 4.69) is 40.3 Å². The van der Waals surface area contributed by atoms with E-state index in [1.165, 1.54) is 10.4 Å². The summed E-state index contributed by atoms with van der Waals surface area (Å²) < 4.78 is 8.32. The Morgan fingerprint density at radius 3 is 2.61 bits per heavy atom. The molecule has 2 aromatic carbocycles. The molecule has 4 aromatic rings. The quantitative estimate of drug-likeness (QED) is 0.328. The molecule has 0 unspecified atom stereocenters. The molecule has 28 heavy (non-hydrogen) atoms. The van der Waals surface area contributed by atoms with E-state index in [0.717, 1.165) is 52.6 Å². The smallest absolute Gasteiger partial charge is 0.119 e. The van der Waals surface area contributed by atoms with Gasteiger partial charge in [0.15, 0.2) is 0 Å². The van der Waals surface area contributed by atoms with Crippen molar-refractivity contribution in [1.29, 1.82) is 0 Å². The Morgan fingerprint density at radius 1 is 1.07 bits per heavy atom. The highest BCUT2D eigenvalue weighted by Crippen LogP contribution is 2.26. The molecular weight excluding hydrogens is 388 g/mol. The molecule has 0 aliphatic heterocycles. The van der Waals surface area contributed by atoms with Gasteiger partial charge >= 0.3 is 0 Å². The van der Waals surface area contributed by atoms with Gasteiger partial charge in [0.2, 0.25) is 0 Å². The number of nitrogens with zero attached hydrogens (tertiary/aromatic N) is 2. The second kappa shape index (κ2) is 8.38. The molecule has 0 saturated carbocycles. The van der Waals surface area contributed by atoms with Gasteiger partial charge in [-0.1, -0.05) is 29.8 Å². The Labute approximate surface area is 174 Å². The van der Waals surface area contributed by atoms with Gasteiger partial charge in [-0.3, -0.25) is 0 Å². The van der Waals surface area contributed by atoms with Crippen LogP contribution in [0.25, 0.3) is 11.0 Å². The van der Waals surface area contributed by atoms with Crippen molar-refractivity contribution in [3.8, 4) is 5.75 Å². The number of benzene rings is 2. The number of hydrogen-bond acceptors (Lipinski definition) is 3. The average Bonchev–Trinajstić information content (AvgIpc) is 3.31. The molecule has 0 aliphatic carbocycles. The van der Waals surface area contributed by atoms with Gasteiger partial charge in [0.25, 0.3) is 0 Å². The predicted octanol–water partition coefficient (Wildman–Crippen LogP) is 6.43. The normalized spacial score (nSPS) is 11.2. The number of fused-ring (bicyclic) bond motifs is 1. The summed E-state index contributed by atoms with van der Waals surface area (Å²) in [4.78, 5) is 6.20. The van der Waals surface area contributed by atoms with Gasteiger partial charge in [-0.05, 0) is 67.1 Å². The Balaban J connectivity index is 1.47. The van der Waals surface area contributed by atoms with Crippen molar-refractivity contribution >= 4 is 34.0 Å². The molecule has 0 aliphatic rings. The molecule has 2 heterocycles. The van der Waals surface area contributed by atoms with Gasteiger partial charge in [-0.15, -0.1) is 11.3 Å². The molecule has 2 aromatic heterocycles. The molecule has 0 bridgehead atoms. The highest BCUT2D eigenvalue weighted by molar-refractivity contribution is 7.09. The number of aryl methyl sites for hydroxylation is 3. The first-order chi connectivity index (χ1) is 13.6. The van der Waals surface area contributed by atoms with Crippen LogP contribution in [0.3, 0.4) is 0 Å². The van der Waals surface area contributed by atoms with Crippen molar-refractivity contribution in [2.45, 2.75) is 33.2 Å². The van der Waals surface area contributed by atoms with Crippen LogP contribution in [0.5, 0.6) is 5.75 Å². The van der Waals surface area contributed by atoms with E-state index < -0.39 is 0 Å². The first kappa shape index (κ1) is 19.0. The fraction of sp³-hybridized carbons (Fsp3) is 0.261. The third-order valence-corrected chi connectivity index (χ3v) is 6.32. The molecule has 0 amide bonds. The largest absolute Gasteiger partial charge is 0.494 e. The van der Waals surface area contributed by atoms with E-state index in [-0.39, 0.29) is 0 Å². The third kappa shape index (κ3) is 4.08. The van der Waals surface area contributed by atoms with Gasteiger partial charge in [-0.25, -0.2) is 4.98 Å². The zero-order valence-corrected chi connectivity index (χ0v) is 17.7. The molecule has 3 nitrogen and oxygen atoms in total. The van der Waals surface area contributed by atoms with Crippen molar-refractivity contribution < 1.29 is 4.74 Å². The minimum atomic E-state index is 0.658. The van der Waals surface area contributed by atoms with Crippen molar-refractivity contribution in [3.05, 3.63) is 80.8 Å². The predicted molar refractivity (Wildman–Crippen MR) is 118 cm³/mol. The molecule has 5 heteroatoms. The molecule has 0 atom stereocenters. The lowest BCUT2D eigenvalue weighted by molar-refractivity contribution is 0.301. The number of halogens is 1. The van der Waals surface area contributed by atoms with Gasteiger partial charge in [0.1, 0.15) is 11.6 Å². The summed E-state index contributed by atoms with van der Waals surface area (Å²) in [5, 5.41) is 2.93. The Bertz CT molecular complexity index is 1060. The summed E-state index contributed by atoms with van der Waals surface area (Å²) in [6, 6.07) is 16.6. The number of para-hydroxylation sites is 2. The molecule has 0 radical (unpaired) electrons. The lowest BCUT2D eigenvalue weighted by atomic mass is 10.1. The van der Waals surface area contributed by atoms with Crippen molar-refractivity contribution in [3.63, 3.8) is 0 Å². The fourth-order valence-corrected chi connectivity index (χ4v) is 4.29. The van der Waals surface area contributed by atoms with Crippen LogP contribution in [0.1, 0.15) is 28.2 Å². The molecule has 0 saturated heterocycles. The second-order valence-corrected chi connectivity index (χ2v) is 8.41. The number of imidazole rings is 1. The first-order valence-electron chi connectivity index (χ1n) is 9.48. The van der Waals surface area contributed by atoms with Gasteiger partial charge < -0.3 is 9.30 Å². The number of thiophene rings is 1. The molecule has 4 rings (SSSR count). The topological polar surface area (TPSA) is 27.1 Å². The van der Waals surface area contributed by atoms with Crippen molar-refractivity contribution in [2.24, 2.45) is 0 Å². The SMILES string of the molecule is Cc1cc(OCCCn2c(Cc3cccs3)nc3ccccc32)cc(C)c1Cl. The highest BCUT2D eigenvalue weighted by Gasteiger charge is 2.11. The monoisotopic (exact) mass is 410 g/mol. The van der Waals surface area contributed by atoms with Crippen LogP contribution in [0.2, 0.25) is 5.02 Å². The molecule has 0 fully saturated rings. The van der Waals surface area contributed by atoms with Crippen LogP contribution in [0.15, 0.2) is 53.9 Å². The lowest BCUT2D eigenvalue weighted by Crippen LogP contribution is -2.08. The number of aromatic nitrogens is 2. The van der Waals surface area contributed by atoms with Gasteiger partial charge in [0.05, 0.1) is 17.6 Å². The highest BCUT2D eigenvalue weighted by atomic mass is 35.5. The summed E-state index contributed by atoms with van der Waals surface area (Å²) in [6.07, 6.45) is 1.78. The van der Waals surface area contributed by atoms with E-state index in [4.69, 9.17) is 21.3 Å². The van der Waals surface area contributed by atoms with Crippen LogP contribution in [0.4, 0.5) is 0 Å². The summed E-state index contributed by atoms with van der Waals surface area (Å²) in [7, 11) is 0.